The molecule has 3 aliphatic rings. The first-order valence-corrected chi connectivity index (χ1v) is 25.7. The van der Waals surface area contributed by atoms with Crippen LogP contribution in [0.5, 0.6) is 0 Å². The number of nitrogens with zero attached hydrogens (tertiary/aromatic N) is 2. The lowest BCUT2D eigenvalue weighted by molar-refractivity contribution is 0.332. The first kappa shape index (κ1) is 43.0. The van der Waals surface area contributed by atoms with Gasteiger partial charge in [-0.3, -0.25) is 0 Å². The second-order valence-corrected chi connectivity index (χ2v) is 23.5. The van der Waals surface area contributed by atoms with Crippen molar-refractivity contribution >= 4 is 90.0 Å². The molecule has 4 heteroatoms. The first-order valence-electron chi connectivity index (χ1n) is 25.7. The molecule has 2 heterocycles. The second-order valence-electron chi connectivity index (χ2n) is 23.5. The van der Waals surface area contributed by atoms with Crippen LogP contribution in [0.4, 0.5) is 28.4 Å². The van der Waals surface area contributed by atoms with E-state index in [0.717, 1.165) is 35.7 Å². The van der Waals surface area contributed by atoms with Gasteiger partial charge in [-0.2, -0.15) is 0 Å². The Morgan fingerprint density at radius 1 is 0.471 bits per heavy atom. The van der Waals surface area contributed by atoms with Gasteiger partial charge in [-0.25, -0.2) is 0 Å². The number of nitrogens with one attached hydrogen (secondary N) is 1. The van der Waals surface area contributed by atoms with Crippen molar-refractivity contribution in [1.82, 2.24) is 4.57 Å². The molecule has 70 heavy (non-hydrogen) atoms. The quantitative estimate of drug-likeness (QED) is 0.168. The van der Waals surface area contributed by atoms with E-state index in [2.05, 4.69) is 240 Å². The van der Waals surface area contributed by atoms with E-state index in [-0.39, 0.29) is 21.7 Å². The Bertz CT molecular complexity index is 3740. The van der Waals surface area contributed by atoms with Gasteiger partial charge in [0, 0.05) is 56.0 Å². The summed E-state index contributed by atoms with van der Waals surface area (Å²) in [5, 5.41) is 11.9. The number of hydrogen-bond donors (Lipinski definition) is 1. The minimum absolute atomic E-state index is 0.0789. The summed E-state index contributed by atoms with van der Waals surface area (Å²) in [4.78, 5) is 2.41. The molecular formula is C66H62BN3. The third-order valence-electron chi connectivity index (χ3n) is 17.2. The van der Waals surface area contributed by atoms with Gasteiger partial charge in [0.15, 0.2) is 7.28 Å². The van der Waals surface area contributed by atoms with Crippen molar-refractivity contribution in [2.45, 2.75) is 103 Å². The van der Waals surface area contributed by atoms with Crippen LogP contribution < -0.4 is 21.1 Å². The van der Waals surface area contributed by atoms with E-state index >= 15 is 0 Å². The molecule has 0 unspecified atom stereocenters. The zero-order valence-electron chi connectivity index (χ0n) is 42.1. The number of hydrogen-bond acceptors (Lipinski definition) is 2. The molecule has 0 saturated heterocycles. The van der Waals surface area contributed by atoms with Crippen molar-refractivity contribution in [3.63, 3.8) is 0 Å². The highest BCUT2D eigenvalue weighted by Gasteiger charge is 2.40. The molecule has 1 N–H and O–H groups in total. The Morgan fingerprint density at radius 2 is 1.03 bits per heavy atom. The van der Waals surface area contributed by atoms with Gasteiger partial charge in [-0.1, -0.05) is 158 Å². The van der Waals surface area contributed by atoms with Crippen LogP contribution in [-0.2, 0) is 21.7 Å². The molecule has 10 aromatic rings. The Balaban J connectivity index is 1.15. The van der Waals surface area contributed by atoms with E-state index in [4.69, 9.17) is 0 Å². The molecule has 1 aliphatic heterocycles. The fourth-order valence-electron chi connectivity index (χ4n) is 13.1. The largest absolute Gasteiger partial charge is 0.355 e. The molecule has 0 amide bonds. The van der Waals surface area contributed by atoms with Crippen LogP contribution in [-0.4, -0.2) is 11.8 Å². The van der Waals surface area contributed by atoms with Crippen LogP contribution in [0.1, 0.15) is 103 Å². The fraction of sp³-hybridized carbons (Fsp3) is 0.242. The molecule has 0 saturated carbocycles. The van der Waals surface area contributed by atoms with Gasteiger partial charge in [0.05, 0.1) is 5.52 Å². The number of fused-ring (bicyclic) bond motifs is 10. The molecule has 0 fully saturated rings. The van der Waals surface area contributed by atoms with E-state index in [1.807, 2.05) is 0 Å². The minimum atomic E-state index is 0.0789. The molecule has 0 radical (unpaired) electrons. The van der Waals surface area contributed by atoms with Crippen LogP contribution in [0.25, 0.3) is 60.2 Å². The number of anilines is 5. The van der Waals surface area contributed by atoms with Crippen molar-refractivity contribution < 1.29 is 0 Å². The normalized spacial score (nSPS) is 16.9. The van der Waals surface area contributed by atoms with Gasteiger partial charge in [0.1, 0.15) is 0 Å². The lowest BCUT2D eigenvalue weighted by atomic mass is 9.55. The summed E-state index contributed by atoms with van der Waals surface area (Å²) in [5.41, 5.74) is 21.1. The lowest BCUT2D eigenvalue weighted by Crippen LogP contribution is -2.41. The maximum Gasteiger partial charge on any atom is 0.198 e. The van der Waals surface area contributed by atoms with Gasteiger partial charge in [0.25, 0.3) is 0 Å². The Labute approximate surface area is 414 Å². The van der Waals surface area contributed by atoms with Crippen LogP contribution in [0.3, 0.4) is 0 Å². The van der Waals surface area contributed by atoms with Gasteiger partial charge in [0.2, 0.25) is 0 Å². The Morgan fingerprint density at radius 3 is 1.69 bits per heavy atom. The number of rotatable bonds is 6. The van der Waals surface area contributed by atoms with Crippen LogP contribution in [0.2, 0.25) is 0 Å². The summed E-state index contributed by atoms with van der Waals surface area (Å²) < 4.78 is 2.68. The zero-order valence-corrected chi connectivity index (χ0v) is 42.1. The van der Waals surface area contributed by atoms with Crippen molar-refractivity contribution in [1.29, 1.82) is 0 Å². The average Bonchev–Trinajstić information content (AvgIpc) is 3.69. The summed E-state index contributed by atoms with van der Waals surface area (Å²) in [6.45, 7) is 19.6. The average molecular weight is 908 g/mol. The van der Waals surface area contributed by atoms with E-state index in [1.165, 1.54) is 119 Å². The monoisotopic (exact) mass is 908 g/mol. The van der Waals surface area contributed by atoms with Crippen molar-refractivity contribution in [2.24, 2.45) is 0 Å². The summed E-state index contributed by atoms with van der Waals surface area (Å²) in [6.07, 6.45) is 4.72. The van der Waals surface area contributed by atoms with Gasteiger partial charge < -0.3 is 14.8 Å². The minimum Gasteiger partial charge on any atom is -0.355 e. The molecule has 1 aromatic heterocycles. The standard InChI is InChI=1S/C66H62BN3/c1-63(2)31-32-64(3,4)52-37-43(27-29-51(52)63)68-56-30-28-46(69(44-21-11-9-12-22-44)45-23-13-10-14-24-45)38-49(56)59-47-25-17-18-26-48(47)60-50-35-41-19-15-16-20-42(41)36-57(50)70-58-40-54-53(39-55(58)67-61(59)62(60)70)65(5,6)33-34-66(54,7)8/h9-30,35-40,67-68H,31-34H2,1-8H3. The summed E-state index contributed by atoms with van der Waals surface area (Å²) in [5.74, 6) is 0. The Kier molecular flexibility index (Phi) is 9.36. The summed E-state index contributed by atoms with van der Waals surface area (Å²) >= 11 is 0. The van der Waals surface area contributed by atoms with E-state index in [1.54, 1.807) is 0 Å². The number of para-hydroxylation sites is 2. The zero-order chi connectivity index (χ0) is 47.9. The lowest BCUT2D eigenvalue weighted by Gasteiger charge is -2.43. The summed E-state index contributed by atoms with van der Waals surface area (Å²) in [7, 11) is 0.832. The van der Waals surface area contributed by atoms with Crippen LogP contribution in [0, 0.1) is 0 Å². The molecular weight excluding hydrogens is 846 g/mol. The number of benzene rings is 9. The SMILES string of the molecule is CC1(C)CCC(C)(C)c2cc(Nc3ccc(N(c4ccccc4)c4ccccc4)cc3-c3c4c5c(c6ccccc36)c3cc6ccccc6cc3n5-c3cc5c(cc3B4)C(C)(C)CCC5(C)C)ccc21. The first-order chi connectivity index (χ1) is 33.7. The van der Waals surface area contributed by atoms with Gasteiger partial charge in [-0.15, -0.1) is 0 Å². The van der Waals surface area contributed by atoms with E-state index in [9.17, 15) is 0 Å². The predicted octanol–water partition coefficient (Wildman–Crippen LogP) is 16.4. The highest BCUT2D eigenvalue weighted by Crippen LogP contribution is 2.51. The third kappa shape index (κ3) is 6.55. The molecule has 0 bridgehead atoms. The third-order valence-corrected chi connectivity index (χ3v) is 17.2. The molecule has 0 spiro atoms. The summed E-state index contributed by atoms with van der Waals surface area (Å²) in [6, 6.07) is 64.4. The highest BCUT2D eigenvalue weighted by atomic mass is 15.1. The maximum absolute atomic E-state index is 4.13. The molecule has 344 valence electrons. The topological polar surface area (TPSA) is 20.2 Å². The van der Waals surface area contributed by atoms with Crippen molar-refractivity contribution in [3.05, 3.63) is 192 Å². The van der Waals surface area contributed by atoms with Crippen molar-refractivity contribution in [2.75, 3.05) is 10.2 Å². The molecule has 2 aliphatic carbocycles. The van der Waals surface area contributed by atoms with Gasteiger partial charge in [-0.05, 0) is 175 Å². The van der Waals surface area contributed by atoms with Gasteiger partial charge >= 0.3 is 0 Å². The van der Waals surface area contributed by atoms with Crippen LogP contribution in [0.15, 0.2) is 170 Å². The molecule has 9 aromatic carbocycles. The second kappa shape index (κ2) is 15.2. The molecule has 13 rings (SSSR count). The highest BCUT2D eigenvalue weighted by molar-refractivity contribution is 6.74. The smallest absolute Gasteiger partial charge is 0.198 e. The number of aromatic nitrogens is 1. The molecule has 3 nitrogen and oxygen atoms in total. The fourth-order valence-corrected chi connectivity index (χ4v) is 13.1. The van der Waals surface area contributed by atoms with Crippen molar-refractivity contribution in [3.8, 4) is 16.8 Å². The van der Waals surface area contributed by atoms with E-state index < -0.39 is 0 Å². The van der Waals surface area contributed by atoms with E-state index in [0.29, 0.717) is 0 Å². The molecule has 0 atom stereocenters. The maximum atomic E-state index is 4.13. The van der Waals surface area contributed by atoms with Crippen LogP contribution >= 0.6 is 0 Å². The predicted molar refractivity (Wildman–Crippen MR) is 303 cm³/mol. The Hall–Kier alpha value is -7.04.